The average Bonchev–Trinajstić information content (AvgIpc) is 1.53. The van der Waals surface area contributed by atoms with E-state index in [9.17, 15) is 0 Å². The van der Waals surface area contributed by atoms with Gasteiger partial charge in [-0.2, -0.15) is 9.97 Å². The Kier molecular flexibility index (Phi) is 10.6. The van der Waals surface area contributed by atoms with E-state index in [2.05, 4.69) is 286 Å². The highest BCUT2D eigenvalue weighted by Gasteiger charge is 2.44. The number of hydrogen-bond donors (Lipinski definition) is 0. The van der Waals surface area contributed by atoms with E-state index in [0.717, 1.165) is 88.2 Å². The molecule has 0 N–H and O–H groups in total. The molecule has 17 aromatic rings. The third-order valence-corrected chi connectivity index (χ3v) is 22.7. The molecule has 0 bridgehead atoms. The summed E-state index contributed by atoms with van der Waals surface area (Å²) in [4.78, 5) is 16.2. The van der Waals surface area contributed by atoms with Gasteiger partial charge in [0.2, 0.25) is 5.95 Å². The van der Waals surface area contributed by atoms with Gasteiger partial charge in [-0.25, -0.2) is 4.98 Å². The molecule has 2 unspecified atom stereocenters. The molecule has 0 saturated carbocycles. The van der Waals surface area contributed by atoms with E-state index in [1.165, 1.54) is 105 Å². The Balaban J connectivity index is 0.661. The predicted octanol–water partition coefficient (Wildman–Crippen LogP) is 23.2. The summed E-state index contributed by atoms with van der Waals surface area (Å²) in [5, 5.41) is 9.37. The van der Waals surface area contributed by atoms with Crippen LogP contribution in [0.5, 0.6) is 0 Å². The normalized spacial score (nSPS) is 16.7. The van der Waals surface area contributed by atoms with Crippen LogP contribution in [0.3, 0.4) is 0 Å². The van der Waals surface area contributed by atoms with Gasteiger partial charge in [0.1, 0.15) is 22.3 Å². The zero-order valence-electron chi connectivity index (χ0n) is 54.2. The SMILES string of the molecule is CC1(C)c2ccc3c(oc4ccccc43)c2-c2ccc3c(c21)c1ccccc1n3-c1nc(-c2ccccc2)nc(-c2cccc(-c3cccc4c3oc3ccc5c(c34)C(C)(C)c3c-5ccc4c3c3ccccc3n4-c3cccc(C4=CC=C5c6ccccc6C6=CC=CC4C65)c3)c2)n1. The molecule has 0 aliphatic heterocycles. The van der Waals surface area contributed by atoms with Crippen LogP contribution in [0, 0.1) is 11.8 Å². The van der Waals surface area contributed by atoms with Crippen LogP contribution in [0.15, 0.2) is 282 Å². The zero-order chi connectivity index (χ0) is 64.6. The molecular formula is C91H59N5O2. The Morgan fingerprint density at radius 3 is 1.74 bits per heavy atom. The number of para-hydroxylation sites is 4. The maximum Gasteiger partial charge on any atom is 0.238 e. The number of furan rings is 2. The molecule has 0 spiro atoms. The smallest absolute Gasteiger partial charge is 0.238 e. The Bertz CT molecular complexity index is 6630. The van der Waals surface area contributed by atoms with Crippen molar-refractivity contribution in [2.75, 3.05) is 0 Å². The molecule has 7 heteroatoms. The molecule has 7 nitrogen and oxygen atoms in total. The number of aromatic nitrogens is 5. The van der Waals surface area contributed by atoms with Gasteiger partial charge in [0.05, 0.1) is 22.1 Å². The van der Waals surface area contributed by atoms with Crippen molar-refractivity contribution in [2.24, 2.45) is 11.8 Å². The van der Waals surface area contributed by atoms with Gasteiger partial charge in [-0.15, -0.1) is 0 Å². The van der Waals surface area contributed by atoms with Crippen molar-refractivity contribution in [3.8, 4) is 67.8 Å². The molecule has 0 saturated heterocycles. The summed E-state index contributed by atoms with van der Waals surface area (Å²) in [6.45, 7) is 9.55. The van der Waals surface area contributed by atoms with E-state index in [0.29, 0.717) is 23.5 Å². The Morgan fingerprint density at radius 2 is 0.939 bits per heavy atom. The monoisotopic (exact) mass is 1250 g/mol. The second-order valence-corrected chi connectivity index (χ2v) is 28.4. The number of allylic oxidation sites excluding steroid dienone is 8. The maximum atomic E-state index is 7.21. The first kappa shape index (κ1) is 54.1. The summed E-state index contributed by atoms with van der Waals surface area (Å²) < 4.78 is 18.7. The quantitative estimate of drug-likeness (QED) is 0.166. The summed E-state index contributed by atoms with van der Waals surface area (Å²) in [5.41, 5.74) is 30.4. The van der Waals surface area contributed by atoms with E-state index in [1.807, 2.05) is 24.3 Å². The van der Waals surface area contributed by atoms with Crippen molar-refractivity contribution in [3.05, 3.63) is 312 Å². The van der Waals surface area contributed by atoms with Crippen molar-refractivity contribution in [1.29, 1.82) is 0 Å². The lowest BCUT2D eigenvalue weighted by molar-refractivity contribution is 0.657. The fraction of sp³-hybridized carbons (Fsp3) is 0.0879. The van der Waals surface area contributed by atoms with Gasteiger partial charge in [0.25, 0.3) is 0 Å². The fourth-order valence-corrected chi connectivity index (χ4v) is 18.6. The number of fused-ring (bicyclic) bond motifs is 25. The molecule has 5 aliphatic carbocycles. The van der Waals surface area contributed by atoms with E-state index in [1.54, 1.807) is 0 Å². The van der Waals surface area contributed by atoms with Crippen molar-refractivity contribution >= 4 is 104 Å². The summed E-state index contributed by atoms with van der Waals surface area (Å²) in [6.07, 6.45) is 11.8. The van der Waals surface area contributed by atoms with E-state index < -0.39 is 5.41 Å². The third kappa shape index (κ3) is 7.09. The summed E-state index contributed by atoms with van der Waals surface area (Å²) in [5.74, 6) is 2.29. The minimum Gasteiger partial charge on any atom is -0.455 e. The highest BCUT2D eigenvalue weighted by molar-refractivity contribution is 6.20. The van der Waals surface area contributed by atoms with Gasteiger partial charge in [0, 0.05) is 93.7 Å². The molecule has 12 aromatic carbocycles. The summed E-state index contributed by atoms with van der Waals surface area (Å²) in [6, 6.07) is 88.1. The fourth-order valence-electron chi connectivity index (χ4n) is 18.6. The van der Waals surface area contributed by atoms with Crippen molar-refractivity contribution in [3.63, 3.8) is 0 Å². The van der Waals surface area contributed by atoms with Crippen LogP contribution < -0.4 is 0 Å². The van der Waals surface area contributed by atoms with Gasteiger partial charge < -0.3 is 13.4 Å². The maximum absolute atomic E-state index is 7.21. The third-order valence-electron chi connectivity index (χ3n) is 22.7. The van der Waals surface area contributed by atoms with Crippen LogP contribution in [0.1, 0.15) is 66.6 Å². The Morgan fingerprint density at radius 1 is 0.357 bits per heavy atom. The minimum absolute atomic E-state index is 0.257. The lowest BCUT2D eigenvalue weighted by atomic mass is 9.72. The molecule has 0 amide bonds. The molecule has 5 aromatic heterocycles. The first-order valence-electron chi connectivity index (χ1n) is 34.1. The molecule has 0 radical (unpaired) electrons. The molecule has 5 heterocycles. The van der Waals surface area contributed by atoms with E-state index >= 15 is 0 Å². The second kappa shape index (κ2) is 19.3. The Hall–Kier alpha value is -12.2. The number of rotatable bonds is 6. The van der Waals surface area contributed by atoms with Crippen LogP contribution in [-0.4, -0.2) is 24.1 Å². The number of nitrogens with zero attached hydrogens (tertiary/aromatic N) is 5. The highest BCUT2D eigenvalue weighted by atomic mass is 16.3. The first-order valence-corrected chi connectivity index (χ1v) is 34.1. The van der Waals surface area contributed by atoms with Gasteiger partial charge in [0.15, 0.2) is 11.6 Å². The largest absolute Gasteiger partial charge is 0.455 e. The molecule has 0 fully saturated rings. The van der Waals surface area contributed by atoms with Gasteiger partial charge in [-0.3, -0.25) is 4.57 Å². The standard InChI is InChI=1S/C91H59N5O2/c1-90(2)70-44-40-65-59-28-12-15-37-75(59)97-86(65)78(70)68-42-46-74-80(84(68)90)67-30-11-14-36-72(67)96(74)89-93-87(50-20-6-5-7-21-50)92-88(94-89)53-24-16-22-51(48-53)56-31-18-34-69-81-76(98-85(56)69)47-43-64-63-41-45-73-79(82(63)91(3,4)83(64)81)66-29-10-13-35-71(66)95(73)54-25-17-23-52(49-54)55-38-39-62-58-27-9-8-26-57(58)61-33-19-32-60(55)77(61)62/h5-49,60,77H,1-4H3. The minimum atomic E-state index is -0.408. The lowest BCUT2D eigenvalue weighted by Crippen LogP contribution is -2.18. The lowest BCUT2D eigenvalue weighted by Gasteiger charge is -2.31. The van der Waals surface area contributed by atoms with Gasteiger partial charge >= 0.3 is 0 Å². The molecule has 98 heavy (non-hydrogen) atoms. The zero-order valence-corrected chi connectivity index (χ0v) is 54.2. The summed E-state index contributed by atoms with van der Waals surface area (Å²) in [7, 11) is 0. The number of hydrogen-bond acceptors (Lipinski definition) is 5. The van der Waals surface area contributed by atoms with Crippen LogP contribution in [-0.2, 0) is 10.8 Å². The van der Waals surface area contributed by atoms with Gasteiger partial charge in [-0.1, -0.05) is 246 Å². The van der Waals surface area contributed by atoms with E-state index in [-0.39, 0.29) is 11.3 Å². The van der Waals surface area contributed by atoms with Crippen molar-refractivity contribution < 1.29 is 8.83 Å². The molecule has 22 rings (SSSR count). The Labute approximate surface area is 563 Å². The van der Waals surface area contributed by atoms with Gasteiger partial charge in [-0.05, 0) is 133 Å². The molecular weight excluding hydrogens is 1200 g/mol. The molecule has 2 atom stereocenters. The van der Waals surface area contributed by atoms with Crippen molar-refractivity contribution in [2.45, 2.75) is 38.5 Å². The molecule has 460 valence electrons. The van der Waals surface area contributed by atoms with E-state index in [4.69, 9.17) is 23.8 Å². The predicted molar refractivity (Wildman–Crippen MR) is 401 cm³/mol. The highest BCUT2D eigenvalue weighted by Crippen LogP contribution is 2.60. The first-order chi connectivity index (χ1) is 48.1. The molecule has 5 aliphatic rings. The second-order valence-electron chi connectivity index (χ2n) is 28.4. The van der Waals surface area contributed by atoms with Crippen LogP contribution >= 0.6 is 0 Å². The van der Waals surface area contributed by atoms with Crippen LogP contribution in [0.25, 0.3) is 172 Å². The van der Waals surface area contributed by atoms with Crippen LogP contribution in [0.4, 0.5) is 0 Å². The van der Waals surface area contributed by atoms with Crippen LogP contribution in [0.2, 0.25) is 0 Å². The topological polar surface area (TPSA) is 74.8 Å². The number of benzene rings is 12. The summed E-state index contributed by atoms with van der Waals surface area (Å²) >= 11 is 0. The van der Waals surface area contributed by atoms with Crippen molar-refractivity contribution in [1.82, 2.24) is 24.1 Å². The average molecular weight is 1250 g/mol.